The van der Waals surface area contributed by atoms with Crippen molar-refractivity contribution in [1.29, 1.82) is 0 Å². The van der Waals surface area contributed by atoms with Gasteiger partial charge in [-0.25, -0.2) is 4.79 Å². The van der Waals surface area contributed by atoms with Crippen LogP contribution in [0.1, 0.15) is 15.9 Å². The summed E-state index contributed by atoms with van der Waals surface area (Å²) in [5.41, 5.74) is 0.887. The number of alkyl halides is 3. The molecular formula is C17H11F3N2O2S. The Labute approximate surface area is 144 Å². The number of halogens is 3. The van der Waals surface area contributed by atoms with Crippen LogP contribution >= 0.6 is 11.3 Å². The summed E-state index contributed by atoms with van der Waals surface area (Å²) >= 11 is 1.22. The fourth-order valence-corrected chi connectivity index (χ4v) is 3.00. The normalized spacial score (nSPS) is 11.4. The second kappa shape index (κ2) is 6.64. The van der Waals surface area contributed by atoms with Crippen molar-refractivity contribution in [3.05, 3.63) is 59.7 Å². The lowest BCUT2D eigenvalue weighted by Gasteiger charge is -2.06. The van der Waals surface area contributed by atoms with Crippen molar-refractivity contribution >= 4 is 17.3 Å². The van der Waals surface area contributed by atoms with Crippen LogP contribution in [0, 0.1) is 0 Å². The van der Waals surface area contributed by atoms with E-state index < -0.39 is 17.7 Å². The van der Waals surface area contributed by atoms with E-state index in [9.17, 15) is 18.0 Å². The average molecular weight is 364 g/mol. The highest BCUT2D eigenvalue weighted by atomic mass is 32.1. The van der Waals surface area contributed by atoms with Gasteiger partial charge in [0.15, 0.2) is 0 Å². The van der Waals surface area contributed by atoms with E-state index >= 15 is 0 Å². The van der Waals surface area contributed by atoms with Crippen molar-refractivity contribution in [2.24, 2.45) is 0 Å². The van der Waals surface area contributed by atoms with E-state index in [1.165, 1.54) is 30.6 Å². The highest BCUT2D eigenvalue weighted by molar-refractivity contribution is 7.17. The van der Waals surface area contributed by atoms with Crippen LogP contribution in [-0.2, 0) is 10.9 Å². The third-order valence-electron chi connectivity index (χ3n) is 3.41. The molecule has 1 aromatic heterocycles. The highest BCUT2D eigenvalue weighted by Crippen LogP contribution is 2.33. The minimum absolute atomic E-state index is 0.381. The second-order valence-corrected chi connectivity index (χ2v) is 6.04. The zero-order chi connectivity index (χ0) is 18.0. The molecule has 0 aliphatic rings. The molecule has 25 heavy (non-hydrogen) atoms. The smallest absolute Gasteiger partial charge is 0.416 e. The summed E-state index contributed by atoms with van der Waals surface area (Å²) in [5, 5.41) is 9.12. The zero-order valence-electron chi connectivity index (χ0n) is 12.9. The molecule has 3 aromatic rings. The van der Waals surface area contributed by atoms with Crippen molar-refractivity contribution in [2.45, 2.75) is 6.18 Å². The van der Waals surface area contributed by atoms with Crippen LogP contribution < -0.4 is 0 Å². The summed E-state index contributed by atoms with van der Waals surface area (Å²) in [7, 11) is 1.29. The molecule has 8 heteroatoms. The number of carbonyl (C=O) groups is 1. The van der Waals surface area contributed by atoms with Crippen LogP contribution in [0.3, 0.4) is 0 Å². The van der Waals surface area contributed by atoms with E-state index in [-0.39, 0.29) is 0 Å². The number of carbonyl (C=O) groups excluding carboxylic acids is 1. The Bertz CT molecular complexity index is 905. The Kier molecular flexibility index (Phi) is 4.54. The van der Waals surface area contributed by atoms with Crippen LogP contribution in [0.2, 0.25) is 0 Å². The van der Waals surface area contributed by atoms with Gasteiger partial charge in [-0.2, -0.15) is 13.2 Å². The predicted molar refractivity (Wildman–Crippen MR) is 87.1 cm³/mol. The first-order valence-corrected chi connectivity index (χ1v) is 7.90. The molecule has 128 valence electrons. The maximum Gasteiger partial charge on any atom is 0.416 e. The van der Waals surface area contributed by atoms with E-state index in [1.54, 1.807) is 24.3 Å². The van der Waals surface area contributed by atoms with E-state index in [0.717, 1.165) is 12.1 Å². The standard InChI is InChI=1S/C17H11F3N2O2S/c1-24-16(23)12-4-2-3-11(9-12)15-22-21-14(25-15)10-5-7-13(8-6-10)17(18,19)20/h2-9H,1H3. The van der Waals surface area contributed by atoms with Gasteiger partial charge >= 0.3 is 12.1 Å². The van der Waals surface area contributed by atoms with Crippen molar-refractivity contribution in [3.63, 3.8) is 0 Å². The topological polar surface area (TPSA) is 52.1 Å². The van der Waals surface area contributed by atoms with Gasteiger partial charge in [0.05, 0.1) is 18.2 Å². The van der Waals surface area contributed by atoms with Crippen molar-refractivity contribution < 1.29 is 22.7 Å². The number of ether oxygens (including phenoxy) is 1. The summed E-state index contributed by atoms with van der Waals surface area (Å²) in [6.07, 6.45) is -4.38. The van der Waals surface area contributed by atoms with E-state index in [1.807, 2.05) is 0 Å². The number of hydrogen-bond donors (Lipinski definition) is 0. The van der Waals surface area contributed by atoms with Gasteiger partial charge in [-0.15, -0.1) is 10.2 Å². The van der Waals surface area contributed by atoms with Crippen LogP contribution in [-0.4, -0.2) is 23.3 Å². The number of hydrogen-bond acceptors (Lipinski definition) is 5. The van der Waals surface area contributed by atoms with Gasteiger partial charge in [-0.1, -0.05) is 35.6 Å². The third-order valence-corrected chi connectivity index (χ3v) is 4.44. The highest BCUT2D eigenvalue weighted by Gasteiger charge is 2.30. The molecule has 0 unspecified atom stereocenters. The summed E-state index contributed by atoms with van der Waals surface area (Å²) in [6, 6.07) is 11.4. The molecule has 0 aliphatic heterocycles. The Balaban J connectivity index is 1.89. The SMILES string of the molecule is COC(=O)c1cccc(-c2nnc(-c3ccc(C(F)(F)F)cc3)s2)c1. The maximum absolute atomic E-state index is 12.6. The Morgan fingerprint density at radius 2 is 1.64 bits per heavy atom. The van der Waals surface area contributed by atoms with Crippen LogP contribution in [0.4, 0.5) is 13.2 Å². The maximum atomic E-state index is 12.6. The lowest BCUT2D eigenvalue weighted by Crippen LogP contribution is -2.03. The number of rotatable bonds is 3. The van der Waals surface area contributed by atoms with E-state index in [0.29, 0.717) is 26.7 Å². The first kappa shape index (κ1) is 17.1. The van der Waals surface area contributed by atoms with Gasteiger partial charge in [0.2, 0.25) is 0 Å². The van der Waals surface area contributed by atoms with Gasteiger partial charge < -0.3 is 4.74 Å². The van der Waals surface area contributed by atoms with E-state index in [2.05, 4.69) is 14.9 Å². The Hall–Kier alpha value is -2.74. The Morgan fingerprint density at radius 3 is 2.24 bits per heavy atom. The van der Waals surface area contributed by atoms with Gasteiger partial charge in [0.25, 0.3) is 0 Å². The monoisotopic (exact) mass is 364 g/mol. The second-order valence-electron chi connectivity index (χ2n) is 5.06. The van der Waals surface area contributed by atoms with Gasteiger partial charge in [0.1, 0.15) is 10.0 Å². The largest absolute Gasteiger partial charge is 0.465 e. The van der Waals surface area contributed by atoms with Crippen molar-refractivity contribution in [2.75, 3.05) is 7.11 Å². The molecule has 0 saturated heterocycles. The van der Waals surface area contributed by atoms with Gasteiger partial charge in [-0.05, 0) is 24.3 Å². The predicted octanol–water partition coefficient (Wildman–Crippen LogP) is 4.68. The quantitative estimate of drug-likeness (QED) is 0.634. The molecule has 0 atom stereocenters. The first-order chi connectivity index (χ1) is 11.9. The summed E-state index contributed by atoms with van der Waals surface area (Å²) in [6.45, 7) is 0. The molecule has 0 amide bonds. The van der Waals surface area contributed by atoms with Crippen LogP contribution in [0.5, 0.6) is 0 Å². The van der Waals surface area contributed by atoms with Gasteiger partial charge in [0, 0.05) is 11.1 Å². The third kappa shape index (κ3) is 3.69. The molecule has 0 fully saturated rings. The number of aromatic nitrogens is 2. The molecular weight excluding hydrogens is 353 g/mol. The minimum Gasteiger partial charge on any atom is -0.465 e. The molecule has 0 aliphatic carbocycles. The number of nitrogens with zero attached hydrogens (tertiary/aromatic N) is 2. The summed E-state index contributed by atoms with van der Waals surface area (Å²) in [4.78, 5) is 11.6. The molecule has 2 aromatic carbocycles. The molecule has 0 saturated carbocycles. The molecule has 0 radical (unpaired) electrons. The summed E-state index contributed by atoms with van der Waals surface area (Å²) < 4.78 is 42.5. The van der Waals surface area contributed by atoms with Gasteiger partial charge in [-0.3, -0.25) is 0 Å². The number of benzene rings is 2. The molecule has 0 N–H and O–H groups in total. The molecule has 0 bridgehead atoms. The molecule has 4 nitrogen and oxygen atoms in total. The van der Waals surface area contributed by atoms with Crippen molar-refractivity contribution in [1.82, 2.24) is 10.2 Å². The van der Waals surface area contributed by atoms with Crippen LogP contribution in [0.25, 0.3) is 21.1 Å². The summed E-state index contributed by atoms with van der Waals surface area (Å²) in [5.74, 6) is -0.464. The molecule has 3 rings (SSSR count). The Morgan fingerprint density at radius 1 is 1.00 bits per heavy atom. The zero-order valence-corrected chi connectivity index (χ0v) is 13.7. The van der Waals surface area contributed by atoms with E-state index in [4.69, 9.17) is 0 Å². The van der Waals surface area contributed by atoms with Crippen LogP contribution in [0.15, 0.2) is 48.5 Å². The average Bonchev–Trinajstić information content (AvgIpc) is 3.10. The number of methoxy groups -OCH3 is 1. The fourth-order valence-electron chi connectivity index (χ4n) is 2.16. The lowest BCUT2D eigenvalue weighted by molar-refractivity contribution is -0.137. The fraction of sp³-hybridized carbons (Fsp3) is 0.118. The number of esters is 1. The lowest BCUT2D eigenvalue weighted by atomic mass is 10.1. The molecule has 1 heterocycles. The minimum atomic E-state index is -4.38. The van der Waals surface area contributed by atoms with Crippen molar-refractivity contribution in [3.8, 4) is 21.1 Å². The molecule has 0 spiro atoms. The first-order valence-electron chi connectivity index (χ1n) is 7.08.